The number of nitrogens with one attached hydrogen (secondary N) is 1. The predicted molar refractivity (Wildman–Crippen MR) is 95.0 cm³/mol. The molecule has 126 valence electrons. The van der Waals surface area contributed by atoms with Gasteiger partial charge in [0.25, 0.3) is 0 Å². The smallest absolute Gasteiger partial charge is 0.221 e. The number of aromatic nitrogens is 4. The fourth-order valence-electron chi connectivity index (χ4n) is 2.19. The van der Waals surface area contributed by atoms with Gasteiger partial charge in [-0.3, -0.25) is 9.59 Å². The van der Waals surface area contributed by atoms with Crippen molar-refractivity contribution in [2.24, 2.45) is 0 Å². The van der Waals surface area contributed by atoms with Gasteiger partial charge in [-0.1, -0.05) is 48.2 Å². The summed E-state index contributed by atoms with van der Waals surface area (Å²) in [5.41, 5.74) is 2.00. The summed E-state index contributed by atoms with van der Waals surface area (Å²) < 4.78 is 1.54. The van der Waals surface area contributed by atoms with Crippen LogP contribution in [0.1, 0.15) is 17.3 Å². The number of amides is 1. The average Bonchev–Trinajstić information content (AvgIpc) is 3.08. The lowest BCUT2D eigenvalue weighted by Crippen LogP contribution is -2.07. The van der Waals surface area contributed by atoms with E-state index in [0.717, 1.165) is 0 Å². The fourth-order valence-corrected chi connectivity index (χ4v) is 2.97. The van der Waals surface area contributed by atoms with E-state index in [0.29, 0.717) is 22.1 Å². The Hall–Kier alpha value is -3.00. The van der Waals surface area contributed by atoms with Crippen molar-refractivity contribution >= 4 is 29.1 Å². The van der Waals surface area contributed by atoms with Crippen molar-refractivity contribution in [1.29, 1.82) is 0 Å². The van der Waals surface area contributed by atoms with Crippen molar-refractivity contribution in [3.05, 3.63) is 60.2 Å². The molecule has 0 fully saturated rings. The number of ketones is 1. The Labute approximate surface area is 148 Å². The van der Waals surface area contributed by atoms with Gasteiger partial charge in [0, 0.05) is 18.2 Å². The highest BCUT2D eigenvalue weighted by atomic mass is 32.2. The van der Waals surface area contributed by atoms with Gasteiger partial charge < -0.3 is 5.32 Å². The van der Waals surface area contributed by atoms with Crippen LogP contribution < -0.4 is 5.32 Å². The van der Waals surface area contributed by atoms with Crippen molar-refractivity contribution in [3.63, 3.8) is 0 Å². The second-order valence-corrected chi connectivity index (χ2v) is 6.13. The van der Waals surface area contributed by atoms with E-state index in [1.807, 2.05) is 24.3 Å². The Bertz CT molecular complexity index is 895. The van der Waals surface area contributed by atoms with E-state index in [1.165, 1.54) is 23.4 Å². The third-order valence-electron chi connectivity index (χ3n) is 3.28. The zero-order chi connectivity index (χ0) is 17.6. The molecule has 0 saturated carbocycles. The lowest BCUT2D eigenvalue weighted by Gasteiger charge is -2.07. The summed E-state index contributed by atoms with van der Waals surface area (Å²) in [5, 5.41) is 14.8. The molecule has 0 spiro atoms. The average molecular weight is 353 g/mol. The first-order valence-electron chi connectivity index (χ1n) is 7.51. The topological polar surface area (TPSA) is 89.8 Å². The number of benzene rings is 2. The van der Waals surface area contributed by atoms with Gasteiger partial charge in [0.1, 0.15) is 0 Å². The van der Waals surface area contributed by atoms with Gasteiger partial charge in [-0.2, -0.15) is 4.68 Å². The standard InChI is InChI=1S/C17H15N5O2S/c1-12(23)18-14-8-5-9-15(10-14)22-17(19-20-21-22)25-11-16(24)13-6-3-2-4-7-13/h2-10H,11H2,1H3,(H,18,23). The van der Waals surface area contributed by atoms with E-state index in [9.17, 15) is 9.59 Å². The van der Waals surface area contributed by atoms with Crippen LogP contribution in [0.2, 0.25) is 0 Å². The van der Waals surface area contributed by atoms with Gasteiger partial charge in [-0.25, -0.2) is 0 Å². The molecule has 0 aliphatic carbocycles. The zero-order valence-electron chi connectivity index (χ0n) is 13.4. The number of hydrogen-bond donors (Lipinski definition) is 1. The van der Waals surface area contributed by atoms with Crippen molar-refractivity contribution in [2.75, 3.05) is 11.1 Å². The number of anilines is 1. The Morgan fingerprint density at radius 2 is 1.92 bits per heavy atom. The summed E-state index contributed by atoms with van der Waals surface area (Å²) >= 11 is 1.26. The molecule has 0 saturated heterocycles. The largest absolute Gasteiger partial charge is 0.326 e. The molecule has 0 aliphatic heterocycles. The van der Waals surface area contributed by atoms with Crippen LogP contribution in [0, 0.1) is 0 Å². The highest BCUT2D eigenvalue weighted by Crippen LogP contribution is 2.21. The number of carbonyl (C=O) groups excluding carboxylic acids is 2. The molecular weight excluding hydrogens is 338 g/mol. The van der Waals surface area contributed by atoms with E-state index in [1.54, 1.807) is 30.3 Å². The number of tetrazole rings is 1. The molecule has 3 aromatic rings. The Kier molecular flexibility index (Phi) is 5.20. The van der Waals surface area contributed by atoms with Crippen molar-refractivity contribution < 1.29 is 9.59 Å². The van der Waals surface area contributed by atoms with Gasteiger partial charge in [0.2, 0.25) is 11.1 Å². The third kappa shape index (κ3) is 4.30. The molecule has 0 atom stereocenters. The Morgan fingerprint density at radius 1 is 1.12 bits per heavy atom. The minimum Gasteiger partial charge on any atom is -0.326 e. The second-order valence-electron chi connectivity index (χ2n) is 5.18. The van der Waals surface area contributed by atoms with Crippen molar-refractivity contribution in [3.8, 4) is 5.69 Å². The van der Waals surface area contributed by atoms with Gasteiger partial charge in [0.15, 0.2) is 5.78 Å². The fraction of sp³-hybridized carbons (Fsp3) is 0.118. The number of carbonyl (C=O) groups is 2. The summed E-state index contributed by atoms with van der Waals surface area (Å²) in [6.07, 6.45) is 0. The first-order chi connectivity index (χ1) is 12.1. The van der Waals surface area contributed by atoms with Gasteiger partial charge >= 0.3 is 0 Å². The van der Waals surface area contributed by atoms with Crippen LogP contribution in [0.4, 0.5) is 5.69 Å². The van der Waals surface area contributed by atoms with Crippen molar-refractivity contribution in [1.82, 2.24) is 20.2 Å². The van der Waals surface area contributed by atoms with E-state index in [2.05, 4.69) is 20.8 Å². The molecule has 1 amide bonds. The molecule has 8 heteroatoms. The SMILES string of the molecule is CC(=O)Nc1cccc(-n2nnnc2SCC(=O)c2ccccc2)c1. The normalized spacial score (nSPS) is 10.4. The number of hydrogen-bond acceptors (Lipinski definition) is 6. The van der Waals surface area contributed by atoms with E-state index < -0.39 is 0 Å². The van der Waals surface area contributed by atoms with Crippen molar-refractivity contribution in [2.45, 2.75) is 12.1 Å². The highest BCUT2D eigenvalue weighted by molar-refractivity contribution is 7.99. The molecule has 0 unspecified atom stereocenters. The van der Waals surface area contributed by atoms with E-state index >= 15 is 0 Å². The molecule has 2 aromatic carbocycles. The van der Waals surface area contributed by atoms with Crippen LogP contribution in [0.3, 0.4) is 0 Å². The minimum atomic E-state index is -0.156. The van der Waals surface area contributed by atoms with Crippen LogP contribution in [0.25, 0.3) is 5.69 Å². The van der Waals surface area contributed by atoms with Crippen LogP contribution in [-0.4, -0.2) is 37.7 Å². The van der Waals surface area contributed by atoms with Crippen LogP contribution >= 0.6 is 11.8 Å². The number of rotatable bonds is 6. The van der Waals surface area contributed by atoms with E-state index in [-0.39, 0.29) is 17.4 Å². The minimum absolute atomic E-state index is 0.00662. The molecule has 25 heavy (non-hydrogen) atoms. The molecule has 0 bridgehead atoms. The van der Waals surface area contributed by atoms with Crippen LogP contribution in [-0.2, 0) is 4.79 Å². The number of thioether (sulfide) groups is 1. The molecule has 0 aliphatic rings. The lowest BCUT2D eigenvalue weighted by molar-refractivity contribution is -0.114. The maximum absolute atomic E-state index is 12.2. The third-order valence-corrected chi connectivity index (χ3v) is 4.20. The molecule has 3 rings (SSSR count). The Balaban J connectivity index is 1.75. The van der Waals surface area contributed by atoms with Gasteiger partial charge in [-0.05, 0) is 28.6 Å². The van der Waals surface area contributed by atoms with Gasteiger partial charge in [-0.15, -0.1) is 5.10 Å². The first kappa shape index (κ1) is 16.8. The molecule has 1 aromatic heterocycles. The number of Topliss-reactive ketones (excluding diaryl/α,β-unsaturated/α-hetero) is 1. The monoisotopic (exact) mass is 353 g/mol. The molecule has 7 nitrogen and oxygen atoms in total. The quantitative estimate of drug-likeness (QED) is 0.541. The summed E-state index contributed by atoms with van der Waals surface area (Å²) in [4.78, 5) is 23.4. The second kappa shape index (κ2) is 7.71. The van der Waals surface area contributed by atoms with Gasteiger partial charge in [0.05, 0.1) is 11.4 Å². The molecule has 0 radical (unpaired) electrons. The number of nitrogens with zero attached hydrogens (tertiary/aromatic N) is 4. The summed E-state index contributed by atoms with van der Waals surface area (Å²) in [5.74, 6) is 0.0829. The maximum atomic E-state index is 12.2. The molecular formula is C17H15N5O2S. The first-order valence-corrected chi connectivity index (χ1v) is 8.49. The van der Waals surface area contributed by atoms with Crippen LogP contribution in [0.15, 0.2) is 59.8 Å². The lowest BCUT2D eigenvalue weighted by atomic mass is 10.2. The highest BCUT2D eigenvalue weighted by Gasteiger charge is 2.13. The summed E-state index contributed by atoms with van der Waals surface area (Å²) in [7, 11) is 0. The van der Waals surface area contributed by atoms with E-state index in [4.69, 9.17) is 0 Å². The molecule has 1 N–H and O–H groups in total. The Morgan fingerprint density at radius 3 is 2.68 bits per heavy atom. The zero-order valence-corrected chi connectivity index (χ0v) is 14.2. The predicted octanol–water partition coefficient (Wildman–Crippen LogP) is 2.60. The molecule has 1 heterocycles. The van der Waals surface area contributed by atoms with Crippen LogP contribution in [0.5, 0.6) is 0 Å². The summed E-state index contributed by atoms with van der Waals surface area (Å²) in [6, 6.07) is 16.3. The maximum Gasteiger partial charge on any atom is 0.221 e. The summed E-state index contributed by atoms with van der Waals surface area (Å²) in [6.45, 7) is 1.44.